The highest BCUT2D eigenvalue weighted by Gasteiger charge is 2.18. The van der Waals surface area contributed by atoms with Crippen molar-refractivity contribution in [2.75, 3.05) is 0 Å². The number of aromatic nitrogens is 1. The Bertz CT molecular complexity index is 456. The van der Waals surface area contributed by atoms with E-state index < -0.39 is 16.1 Å². The third-order valence-electron chi connectivity index (χ3n) is 1.45. The van der Waals surface area contributed by atoms with E-state index in [1.807, 2.05) is 0 Å². The maximum Gasteiger partial charge on any atom is 0.252 e. The first-order chi connectivity index (χ1) is 6.45. The Labute approximate surface area is 87.4 Å². The Balaban J connectivity index is 2.93. The summed E-state index contributed by atoms with van der Waals surface area (Å²) in [6, 6.07) is -0.512. The van der Waals surface area contributed by atoms with Crippen LogP contribution in [0.25, 0.3) is 0 Å². The number of rotatable bonds is 3. The van der Waals surface area contributed by atoms with Crippen molar-refractivity contribution in [2.24, 2.45) is 0 Å². The molecule has 6 heteroatoms. The molecule has 1 aromatic rings. The van der Waals surface area contributed by atoms with Crippen LogP contribution in [0.2, 0.25) is 0 Å². The highest BCUT2D eigenvalue weighted by atomic mass is 32.2. The molecule has 1 rings (SSSR count). The number of nitrogens with zero attached hydrogens (tertiary/aromatic N) is 1. The van der Waals surface area contributed by atoms with Gasteiger partial charge in [0.2, 0.25) is 0 Å². The van der Waals surface area contributed by atoms with Crippen LogP contribution in [0.3, 0.4) is 0 Å². The molecule has 0 saturated carbocycles. The van der Waals surface area contributed by atoms with Crippen LogP contribution < -0.4 is 4.72 Å². The van der Waals surface area contributed by atoms with E-state index in [-0.39, 0.29) is 4.21 Å². The predicted octanol–water partition coefficient (Wildman–Crippen LogP) is 0.752. The van der Waals surface area contributed by atoms with Gasteiger partial charge in [-0.15, -0.1) is 17.8 Å². The van der Waals surface area contributed by atoms with Crippen LogP contribution in [-0.2, 0) is 10.0 Å². The van der Waals surface area contributed by atoms with Crippen LogP contribution in [0.4, 0.5) is 0 Å². The second kappa shape index (κ2) is 4.09. The Kier molecular flexibility index (Phi) is 3.26. The Morgan fingerprint density at radius 3 is 2.79 bits per heavy atom. The quantitative estimate of drug-likeness (QED) is 0.780. The van der Waals surface area contributed by atoms with Crippen molar-refractivity contribution in [1.82, 2.24) is 9.71 Å². The molecule has 0 aromatic carbocycles. The highest BCUT2D eigenvalue weighted by molar-refractivity contribution is 7.91. The van der Waals surface area contributed by atoms with Gasteiger partial charge in [0.1, 0.15) is 0 Å². The summed E-state index contributed by atoms with van der Waals surface area (Å²) in [7, 11) is -3.49. The first-order valence-electron chi connectivity index (χ1n) is 3.86. The second-order valence-corrected chi connectivity index (χ2v) is 5.88. The predicted molar refractivity (Wildman–Crippen MR) is 55.5 cm³/mol. The lowest BCUT2D eigenvalue weighted by atomic mass is 10.4. The van der Waals surface area contributed by atoms with Gasteiger partial charge in [-0.2, -0.15) is 4.72 Å². The van der Waals surface area contributed by atoms with Crippen LogP contribution >= 0.6 is 11.3 Å². The zero-order valence-electron chi connectivity index (χ0n) is 7.81. The minimum Gasteiger partial charge on any atom is -0.249 e. The Morgan fingerprint density at radius 2 is 2.36 bits per heavy atom. The summed E-state index contributed by atoms with van der Waals surface area (Å²) in [5.74, 6) is 2.29. The zero-order chi connectivity index (χ0) is 10.8. The van der Waals surface area contributed by atoms with Gasteiger partial charge in [-0.05, 0) is 13.8 Å². The number of hydrogen-bond acceptors (Lipinski definition) is 4. The molecule has 0 fully saturated rings. The summed E-state index contributed by atoms with van der Waals surface area (Å²) < 4.78 is 25.7. The third-order valence-corrected chi connectivity index (χ3v) is 4.36. The van der Waals surface area contributed by atoms with Gasteiger partial charge in [-0.25, -0.2) is 13.4 Å². The summed E-state index contributed by atoms with van der Waals surface area (Å²) in [5.41, 5.74) is 0. The van der Waals surface area contributed by atoms with Gasteiger partial charge in [-0.3, -0.25) is 0 Å². The highest BCUT2D eigenvalue weighted by Crippen LogP contribution is 2.17. The molecule has 1 aromatic heterocycles. The van der Waals surface area contributed by atoms with Crippen molar-refractivity contribution >= 4 is 21.4 Å². The smallest absolute Gasteiger partial charge is 0.249 e. The van der Waals surface area contributed by atoms with Crippen molar-refractivity contribution in [2.45, 2.75) is 24.1 Å². The molecule has 0 spiro atoms. The van der Waals surface area contributed by atoms with Crippen molar-refractivity contribution in [3.8, 4) is 12.3 Å². The minimum atomic E-state index is -3.49. The molecule has 1 N–H and O–H groups in total. The SMILES string of the molecule is C#CC(C)NS(=O)(=O)c1cnc(C)s1. The first kappa shape index (κ1) is 11.2. The van der Waals surface area contributed by atoms with Gasteiger partial charge < -0.3 is 0 Å². The van der Waals surface area contributed by atoms with Crippen molar-refractivity contribution in [1.29, 1.82) is 0 Å². The van der Waals surface area contributed by atoms with Gasteiger partial charge in [0.15, 0.2) is 4.21 Å². The average Bonchev–Trinajstić information content (AvgIpc) is 2.51. The second-order valence-electron chi connectivity index (χ2n) is 2.71. The zero-order valence-corrected chi connectivity index (χ0v) is 9.45. The number of terminal acetylenes is 1. The maximum absolute atomic E-state index is 11.6. The van der Waals surface area contributed by atoms with E-state index in [0.29, 0.717) is 5.01 Å². The molecule has 0 radical (unpaired) electrons. The van der Waals surface area contributed by atoms with Crippen LogP contribution in [0.5, 0.6) is 0 Å². The maximum atomic E-state index is 11.6. The van der Waals surface area contributed by atoms with Gasteiger partial charge in [0, 0.05) is 0 Å². The Hall–Kier alpha value is -0.900. The summed E-state index contributed by atoms with van der Waals surface area (Å²) >= 11 is 1.12. The van der Waals surface area contributed by atoms with E-state index in [9.17, 15) is 8.42 Å². The normalized spacial score (nSPS) is 13.5. The summed E-state index contributed by atoms with van der Waals surface area (Å²) in [5, 5.41) is 0.707. The molecule has 14 heavy (non-hydrogen) atoms. The fraction of sp³-hybridized carbons (Fsp3) is 0.375. The molecule has 1 atom stereocenters. The van der Waals surface area contributed by atoms with E-state index in [4.69, 9.17) is 6.42 Å². The first-order valence-corrected chi connectivity index (χ1v) is 6.16. The van der Waals surface area contributed by atoms with Crippen molar-refractivity contribution in [3.63, 3.8) is 0 Å². The molecule has 0 bridgehead atoms. The lowest BCUT2D eigenvalue weighted by Gasteiger charge is -2.05. The summed E-state index contributed by atoms with van der Waals surface area (Å²) in [4.78, 5) is 3.86. The van der Waals surface area contributed by atoms with Crippen molar-refractivity contribution in [3.05, 3.63) is 11.2 Å². The molecule has 1 heterocycles. The monoisotopic (exact) mass is 230 g/mol. The third kappa shape index (κ3) is 2.54. The lowest BCUT2D eigenvalue weighted by molar-refractivity contribution is 0.579. The van der Waals surface area contributed by atoms with Crippen LogP contribution in [0, 0.1) is 19.3 Å². The van der Waals surface area contributed by atoms with Crippen molar-refractivity contribution < 1.29 is 8.42 Å². The Morgan fingerprint density at radius 1 is 1.71 bits per heavy atom. The van der Waals surface area contributed by atoms with Gasteiger partial charge >= 0.3 is 0 Å². The minimum absolute atomic E-state index is 0.192. The van der Waals surface area contributed by atoms with Gasteiger partial charge in [0.05, 0.1) is 17.2 Å². The molecule has 0 aliphatic rings. The molecule has 0 aliphatic heterocycles. The molecule has 76 valence electrons. The fourth-order valence-corrected chi connectivity index (χ4v) is 3.08. The van der Waals surface area contributed by atoms with E-state index in [1.165, 1.54) is 6.20 Å². The number of aryl methyl sites for hydroxylation is 1. The number of thiazole rings is 1. The molecule has 0 saturated heterocycles. The summed E-state index contributed by atoms with van der Waals surface area (Å²) in [6.07, 6.45) is 6.40. The van der Waals surface area contributed by atoms with E-state index in [2.05, 4.69) is 15.6 Å². The molecule has 0 aliphatic carbocycles. The van der Waals surface area contributed by atoms with E-state index >= 15 is 0 Å². The molecule has 1 unspecified atom stereocenters. The summed E-state index contributed by atoms with van der Waals surface area (Å²) in [6.45, 7) is 3.35. The number of nitrogens with one attached hydrogen (secondary N) is 1. The molecular weight excluding hydrogens is 220 g/mol. The number of hydrogen-bond donors (Lipinski definition) is 1. The standard InChI is InChI=1S/C8H10N2O2S2/c1-4-6(2)10-14(11,12)8-5-9-7(3)13-8/h1,5-6,10H,2-3H3. The number of sulfonamides is 1. The van der Waals surface area contributed by atoms with Crippen LogP contribution in [0.1, 0.15) is 11.9 Å². The average molecular weight is 230 g/mol. The van der Waals surface area contributed by atoms with Crippen LogP contribution in [-0.4, -0.2) is 19.4 Å². The topological polar surface area (TPSA) is 59.1 Å². The lowest BCUT2D eigenvalue weighted by Crippen LogP contribution is -2.30. The van der Waals surface area contributed by atoms with E-state index in [1.54, 1.807) is 13.8 Å². The van der Waals surface area contributed by atoms with Crippen LogP contribution in [0.15, 0.2) is 10.4 Å². The van der Waals surface area contributed by atoms with Gasteiger partial charge in [0.25, 0.3) is 10.0 Å². The molecule has 4 nitrogen and oxygen atoms in total. The fourth-order valence-electron chi connectivity index (χ4n) is 0.791. The largest absolute Gasteiger partial charge is 0.252 e. The molecular formula is C8H10N2O2S2. The van der Waals surface area contributed by atoms with Gasteiger partial charge in [-0.1, -0.05) is 5.92 Å². The van der Waals surface area contributed by atoms with E-state index in [0.717, 1.165) is 11.3 Å². The molecule has 0 amide bonds.